The van der Waals surface area contributed by atoms with Gasteiger partial charge in [-0.25, -0.2) is 4.98 Å². The van der Waals surface area contributed by atoms with E-state index in [-0.39, 0.29) is 17.5 Å². The molecule has 156 valence electrons. The lowest BCUT2D eigenvalue weighted by Crippen LogP contribution is -2.27. The first kappa shape index (κ1) is 21.3. The van der Waals surface area contributed by atoms with Crippen LogP contribution in [-0.2, 0) is 10.3 Å². The molecule has 0 aliphatic heterocycles. The zero-order valence-electron chi connectivity index (χ0n) is 16.9. The average molecular weight is 427 g/mol. The van der Waals surface area contributed by atoms with Gasteiger partial charge in [0.15, 0.2) is 5.82 Å². The Kier molecular flexibility index (Phi) is 6.09. The largest absolute Gasteiger partial charge is 0.384 e. The van der Waals surface area contributed by atoms with E-state index >= 15 is 0 Å². The minimum atomic E-state index is -3.87. The number of rotatable bonds is 6. The van der Waals surface area contributed by atoms with Crippen LogP contribution in [0.25, 0.3) is 11.3 Å². The zero-order valence-corrected chi connectivity index (χ0v) is 17.8. The maximum absolute atomic E-state index is 12.4. The van der Waals surface area contributed by atoms with Gasteiger partial charge in [-0.1, -0.05) is 6.07 Å². The van der Waals surface area contributed by atoms with Gasteiger partial charge in [-0.2, -0.15) is 12.7 Å². The highest BCUT2D eigenvalue weighted by atomic mass is 32.2. The van der Waals surface area contributed by atoms with Crippen LogP contribution in [0.5, 0.6) is 5.75 Å². The number of aromatic nitrogens is 3. The van der Waals surface area contributed by atoms with Crippen LogP contribution in [0, 0.1) is 13.8 Å². The number of nitrogens with zero attached hydrogens (tertiary/aromatic N) is 4. The van der Waals surface area contributed by atoms with Crippen molar-refractivity contribution >= 4 is 22.0 Å². The van der Waals surface area contributed by atoms with Gasteiger partial charge in [0.05, 0.1) is 23.7 Å². The summed E-state index contributed by atoms with van der Waals surface area (Å²) < 4.78 is 30.0. The van der Waals surface area contributed by atoms with Crippen LogP contribution >= 0.6 is 0 Å². The Hall–Kier alpha value is -3.37. The Morgan fingerprint density at radius 3 is 2.43 bits per heavy atom. The second-order valence-electron chi connectivity index (χ2n) is 6.73. The van der Waals surface area contributed by atoms with Gasteiger partial charge in [-0.3, -0.25) is 14.8 Å². The Morgan fingerprint density at radius 2 is 1.80 bits per heavy atom. The van der Waals surface area contributed by atoms with Gasteiger partial charge >= 0.3 is 10.3 Å². The quantitative estimate of drug-likeness (QED) is 0.643. The number of carbonyl (C=O) groups is 1. The molecule has 3 rings (SSSR count). The Bertz CT molecular complexity index is 1180. The number of anilines is 1. The number of nitrogens with one attached hydrogen (secondary N) is 1. The molecule has 1 N–H and O–H groups in total. The molecule has 0 saturated carbocycles. The summed E-state index contributed by atoms with van der Waals surface area (Å²) in [6.45, 7) is 3.68. The molecule has 3 aromatic rings. The van der Waals surface area contributed by atoms with Crippen molar-refractivity contribution in [3.05, 3.63) is 65.7 Å². The summed E-state index contributed by atoms with van der Waals surface area (Å²) in [6.07, 6.45) is 6.04. The Morgan fingerprint density at radius 1 is 1.03 bits per heavy atom. The molecule has 0 fully saturated rings. The van der Waals surface area contributed by atoms with Crippen molar-refractivity contribution in [1.29, 1.82) is 0 Å². The maximum atomic E-state index is 12.4. The lowest BCUT2D eigenvalue weighted by molar-refractivity contribution is 0.102. The van der Waals surface area contributed by atoms with Gasteiger partial charge in [0.1, 0.15) is 5.75 Å². The van der Waals surface area contributed by atoms with Crippen molar-refractivity contribution in [2.75, 3.05) is 19.4 Å². The van der Waals surface area contributed by atoms with Crippen LogP contribution in [0.4, 0.5) is 5.82 Å². The zero-order chi connectivity index (χ0) is 21.9. The highest BCUT2D eigenvalue weighted by Crippen LogP contribution is 2.27. The maximum Gasteiger partial charge on any atom is 0.384 e. The molecule has 30 heavy (non-hydrogen) atoms. The summed E-state index contributed by atoms with van der Waals surface area (Å²) in [5, 5.41) is 2.69. The van der Waals surface area contributed by atoms with Crippen LogP contribution in [-0.4, -0.2) is 47.7 Å². The molecule has 0 spiro atoms. The molecule has 1 amide bonds. The van der Waals surface area contributed by atoms with E-state index in [4.69, 9.17) is 4.18 Å². The number of benzene rings is 1. The summed E-state index contributed by atoms with van der Waals surface area (Å²) >= 11 is 0. The fourth-order valence-corrected chi connectivity index (χ4v) is 3.04. The van der Waals surface area contributed by atoms with E-state index in [1.54, 1.807) is 30.5 Å². The van der Waals surface area contributed by atoms with E-state index in [0.717, 1.165) is 15.4 Å². The summed E-state index contributed by atoms with van der Waals surface area (Å²) in [5.74, 6) is 0.117. The normalized spacial score (nSPS) is 11.4. The lowest BCUT2D eigenvalue weighted by atomic mass is 10.1. The molecule has 0 aliphatic carbocycles. The molecule has 2 heterocycles. The number of pyridine rings is 1. The highest BCUT2D eigenvalue weighted by Gasteiger charge is 2.17. The van der Waals surface area contributed by atoms with Crippen molar-refractivity contribution in [3.63, 3.8) is 0 Å². The lowest BCUT2D eigenvalue weighted by Gasteiger charge is -2.13. The van der Waals surface area contributed by atoms with Crippen molar-refractivity contribution in [3.8, 4) is 17.0 Å². The smallest absolute Gasteiger partial charge is 0.371 e. The van der Waals surface area contributed by atoms with Crippen LogP contribution < -0.4 is 9.50 Å². The number of aryl methyl sites for hydroxylation is 2. The topological polar surface area (TPSA) is 114 Å². The average Bonchev–Trinajstić information content (AvgIpc) is 2.70. The second-order valence-corrected chi connectivity index (χ2v) is 8.48. The van der Waals surface area contributed by atoms with E-state index in [9.17, 15) is 13.2 Å². The third-order valence-electron chi connectivity index (χ3n) is 4.31. The summed E-state index contributed by atoms with van der Waals surface area (Å²) in [4.78, 5) is 24.9. The van der Waals surface area contributed by atoms with Gasteiger partial charge in [0, 0.05) is 32.1 Å². The predicted octanol–water partition coefficient (Wildman–Crippen LogP) is 2.59. The monoisotopic (exact) mass is 427 g/mol. The predicted molar refractivity (Wildman–Crippen MR) is 112 cm³/mol. The summed E-state index contributed by atoms with van der Waals surface area (Å²) in [7, 11) is -1.10. The van der Waals surface area contributed by atoms with E-state index in [0.29, 0.717) is 16.8 Å². The van der Waals surface area contributed by atoms with Crippen molar-refractivity contribution in [1.82, 2.24) is 19.3 Å². The Labute approximate surface area is 175 Å². The van der Waals surface area contributed by atoms with Crippen LogP contribution in [0.2, 0.25) is 0 Å². The first-order chi connectivity index (χ1) is 14.2. The van der Waals surface area contributed by atoms with Gasteiger partial charge in [0.25, 0.3) is 5.91 Å². The number of hydrogen-bond donors (Lipinski definition) is 1. The van der Waals surface area contributed by atoms with E-state index in [1.807, 2.05) is 13.8 Å². The fraction of sp³-hybridized carbons (Fsp3) is 0.200. The van der Waals surface area contributed by atoms with Crippen molar-refractivity contribution < 1.29 is 17.4 Å². The molecule has 9 nitrogen and oxygen atoms in total. The number of amides is 1. The third-order valence-corrected chi connectivity index (χ3v) is 5.61. The van der Waals surface area contributed by atoms with Crippen LogP contribution in [0.15, 0.2) is 49.1 Å². The molecular formula is C20H21N5O4S. The highest BCUT2D eigenvalue weighted by molar-refractivity contribution is 7.84. The minimum Gasteiger partial charge on any atom is -0.371 e. The first-order valence-electron chi connectivity index (χ1n) is 8.94. The third kappa shape index (κ3) is 4.78. The molecule has 0 atom stereocenters. The molecule has 1 aromatic carbocycles. The van der Waals surface area contributed by atoms with Crippen molar-refractivity contribution in [2.24, 2.45) is 0 Å². The molecule has 0 aliphatic rings. The minimum absolute atomic E-state index is 0.163. The van der Waals surface area contributed by atoms with Crippen LogP contribution in [0.1, 0.15) is 21.5 Å². The Balaban J connectivity index is 1.81. The molecule has 0 radical (unpaired) electrons. The van der Waals surface area contributed by atoms with Gasteiger partial charge in [-0.05, 0) is 43.2 Å². The summed E-state index contributed by atoms with van der Waals surface area (Å²) in [6, 6.07) is 6.63. The molecule has 0 unspecified atom stereocenters. The SMILES string of the molecule is Cc1ccncc1C(=O)Nc1cnc(-c2cc(OS(=O)(=O)N(C)C)ccc2C)cn1. The molecular weight excluding hydrogens is 406 g/mol. The molecule has 0 bridgehead atoms. The molecule has 10 heteroatoms. The molecule has 0 saturated heterocycles. The number of hydrogen-bond acceptors (Lipinski definition) is 7. The van der Waals surface area contributed by atoms with Gasteiger partial charge < -0.3 is 9.50 Å². The second kappa shape index (κ2) is 8.56. The van der Waals surface area contributed by atoms with Crippen LogP contribution in [0.3, 0.4) is 0 Å². The molecule has 2 aromatic heterocycles. The van der Waals surface area contributed by atoms with Gasteiger partial charge in [0.2, 0.25) is 0 Å². The standard InChI is InChI=1S/C20H21N5O4S/c1-13-5-6-15(29-30(27,28)25(3)4)9-16(13)18-11-23-19(12-22-18)24-20(26)17-10-21-8-7-14(17)2/h5-12H,1-4H3,(H,23,24,26). The van der Waals surface area contributed by atoms with Crippen molar-refractivity contribution in [2.45, 2.75) is 13.8 Å². The van der Waals surface area contributed by atoms with E-state index in [1.165, 1.54) is 32.7 Å². The van der Waals surface area contributed by atoms with E-state index < -0.39 is 10.3 Å². The van der Waals surface area contributed by atoms with E-state index in [2.05, 4.69) is 20.3 Å². The number of carbonyl (C=O) groups excluding carboxylic acids is 1. The summed E-state index contributed by atoms with van der Waals surface area (Å²) in [5.41, 5.74) is 3.28. The van der Waals surface area contributed by atoms with Gasteiger partial charge in [-0.15, -0.1) is 0 Å². The first-order valence-corrected chi connectivity index (χ1v) is 10.3. The fourth-order valence-electron chi connectivity index (χ4n) is 2.54.